The minimum atomic E-state index is -3.33. The van der Waals surface area contributed by atoms with Crippen molar-refractivity contribution in [2.75, 3.05) is 10.5 Å². The molecule has 0 aliphatic rings. The zero-order chi connectivity index (χ0) is 12.2. The molecule has 0 aliphatic heterocycles. The number of carbonyl (C=O) groups excluding carboxylic acids is 1. The number of primary amides is 1. The van der Waals surface area contributed by atoms with E-state index in [4.69, 9.17) is 5.73 Å². The molecule has 0 atom stereocenters. The number of carbonyl (C=O) groups is 1. The maximum Gasteiger partial charge on any atom is 0.248 e. The van der Waals surface area contributed by atoms with Crippen molar-refractivity contribution in [2.45, 2.75) is 13.3 Å². The van der Waals surface area contributed by atoms with E-state index in [-0.39, 0.29) is 11.3 Å². The minimum Gasteiger partial charge on any atom is -0.366 e. The van der Waals surface area contributed by atoms with E-state index in [1.165, 1.54) is 12.1 Å². The van der Waals surface area contributed by atoms with Gasteiger partial charge in [-0.2, -0.15) is 0 Å². The van der Waals surface area contributed by atoms with Crippen LogP contribution in [0.25, 0.3) is 0 Å². The molecule has 5 nitrogen and oxygen atoms in total. The van der Waals surface area contributed by atoms with Crippen LogP contribution in [-0.2, 0) is 10.0 Å². The quantitative estimate of drug-likeness (QED) is 0.805. The number of nitrogens with one attached hydrogen (secondary N) is 1. The van der Waals surface area contributed by atoms with Crippen molar-refractivity contribution >= 4 is 21.6 Å². The van der Waals surface area contributed by atoms with E-state index < -0.39 is 15.9 Å². The molecule has 0 saturated carbocycles. The van der Waals surface area contributed by atoms with Crippen LogP contribution in [0.4, 0.5) is 5.69 Å². The first-order valence-corrected chi connectivity index (χ1v) is 6.50. The smallest absolute Gasteiger partial charge is 0.248 e. The second-order valence-corrected chi connectivity index (χ2v) is 5.21. The van der Waals surface area contributed by atoms with Gasteiger partial charge in [-0.25, -0.2) is 8.42 Å². The van der Waals surface area contributed by atoms with Crippen LogP contribution in [0, 0.1) is 0 Å². The lowest BCUT2D eigenvalue weighted by Crippen LogP contribution is -2.17. The summed E-state index contributed by atoms with van der Waals surface area (Å²) in [6.07, 6.45) is 0.533. The van der Waals surface area contributed by atoms with E-state index in [0.717, 1.165) is 0 Å². The van der Waals surface area contributed by atoms with Gasteiger partial charge >= 0.3 is 0 Å². The molecule has 1 rings (SSSR count). The lowest BCUT2D eigenvalue weighted by molar-refractivity contribution is 0.100. The molecule has 0 aromatic heterocycles. The number of benzene rings is 1. The van der Waals surface area contributed by atoms with Gasteiger partial charge in [0.25, 0.3) is 0 Å². The summed E-state index contributed by atoms with van der Waals surface area (Å²) in [5, 5.41) is 0. The van der Waals surface area contributed by atoms with Gasteiger partial charge in [0.15, 0.2) is 0 Å². The molecule has 0 unspecified atom stereocenters. The van der Waals surface area contributed by atoms with Gasteiger partial charge in [-0.15, -0.1) is 0 Å². The monoisotopic (exact) mass is 242 g/mol. The molecular weight excluding hydrogens is 228 g/mol. The van der Waals surface area contributed by atoms with Crippen LogP contribution in [0.5, 0.6) is 0 Å². The fourth-order valence-corrected chi connectivity index (χ4v) is 2.36. The lowest BCUT2D eigenvalue weighted by Gasteiger charge is -2.07. The average Bonchev–Trinajstić information content (AvgIpc) is 2.17. The molecule has 1 aromatic carbocycles. The molecule has 3 N–H and O–H groups in total. The summed E-state index contributed by atoms with van der Waals surface area (Å²) in [7, 11) is -3.33. The van der Waals surface area contributed by atoms with Gasteiger partial charge in [-0.1, -0.05) is 13.0 Å². The summed E-state index contributed by atoms with van der Waals surface area (Å²) in [5.41, 5.74) is 5.72. The highest BCUT2D eigenvalue weighted by molar-refractivity contribution is 7.92. The maximum atomic E-state index is 11.5. The van der Waals surface area contributed by atoms with E-state index >= 15 is 0 Å². The van der Waals surface area contributed by atoms with Crippen LogP contribution in [-0.4, -0.2) is 20.1 Å². The van der Waals surface area contributed by atoms with E-state index in [9.17, 15) is 13.2 Å². The van der Waals surface area contributed by atoms with Crippen LogP contribution in [0.3, 0.4) is 0 Å². The lowest BCUT2D eigenvalue weighted by atomic mass is 10.2. The third-order valence-corrected chi connectivity index (χ3v) is 3.39. The summed E-state index contributed by atoms with van der Waals surface area (Å²) in [6.45, 7) is 1.78. The van der Waals surface area contributed by atoms with Crippen molar-refractivity contribution in [2.24, 2.45) is 5.73 Å². The first-order valence-electron chi connectivity index (χ1n) is 4.85. The molecule has 0 heterocycles. The Balaban J connectivity index is 2.90. The standard InChI is InChI=1S/C10H14N2O3S/c1-2-6-16(14,15)12-9-5-3-4-8(7-9)10(11)13/h3-5,7,12H,2,6H2,1H3,(H2,11,13). The SMILES string of the molecule is CCCS(=O)(=O)Nc1cccc(C(N)=O)c1. The topological polar surface area (TPSA) is 89.3 Å². The van der Waals surface area contributed by atoms with Crippen molar-refractivity contribution in [1.82, 2.24) is 0 Å². The Bertz CT molecular complexity index is 483. The first-order chi connectivity index (χ1) is 7.44. The second-order valence-electron chi connectivity index (χ2n) is 3.37. The van der Waals surface area contributed by atoms with Crippen LogP contribution in [0.1, 0.15) is 23.7 Å². The summed E-state index contributed by atoms with van der Waals surface area (Å²) in [6, 6.07) is 6.08. The highest BCUT2D eigenvalue weighted by Crippen LogP contribution is 2.12. The molecule has 0 bridgehead atoms. The predicted octanol–water partition coefficient (Wildman–Crippen LogP) is 0.937. The Morgan fingerprint density at radius 1 is 1.44 bits per heavy atom. The zero-order valence-electron chi connectivity index (χ0n) is 8.93. The fraction of sp³-hybridized carbons (Fsp3) is 0.300. The van der Waals surface area contributed by atoms with Crippen LogP contribution in [0.15, 0.2) is 24.3 Å². The normalized spacial score (nSPS) is 11.1. The maximum absolute atomic E-state index is 11.5. The molecule has 6 heteroatoms. The van der Waals surface area contributed by atoms with Gasteiger partial charge in [-0.05, 0) is 24.6 Å². The summed E-state index contributed by atoms with van der Waals surface area (Å²) >= 11 is 0. The van der Waals surface area contributed by atoms with Crippen LogP contribution >= 0.6 is 0 Å². The van der Waals surface area contributed by atoms with Crippen molar-refractivity contribution in [3.63, 3.8) is 0 Å². The minimum absolute atomic E-state index is 0.0494. The summed E-state index contributed by atoms with van der Waals surface area (Å²) in [4.78, 5) is 10.9. The van der Waals surface area contributed by atoms with Gasteiger partial charge in [0.05, 0.1) is 5.75 Å². The van der Waals surface area contributed by atoms with Crippen molar-refractivity contribution in [3.05, 3.63) is 29.8 Å². The molecule has 0 spiro atoms. The zero-order valence-corrected chi connectivity index (χ0v) is 9.75. The Kier molecular flexibility index (Phi) is 3.89. The Morgan fingerprint density at radius 2 is 2.12 bits per heavy atom. The van der Waals surface area contributed by atoms with Crippen molar-refractivity contribution < 1.29 is 13.2 Å². The first kappa shape index (κ1) is 12.5. The molecule has 1 aromatic rings. The Morgan fingerprint density at radius 3 is 2.69 bits per heavy atom. The van der Waals surface area contributed by atoms with E-state index in [2.05, 4.69) is 4.72 Å². The predicted molar refractivity (Wildman–Crippen MR) is 62.7 cm³/mol. The van der Waals surface area contributed by atoms with Crippen LogP contribution in [0.2, 0.25) is 0 Å². The van der Waals surface area contributed by atoms with E-state index in [1.54, 1.807) is 19.1 Å². The second kappa shape index (κ2) is 4.98. The highest BCUT2D eigenvalue weighted by atomic mass is 32.2. The number of sulfonamides is 1. The molecule has 0 fully saturated rings. The average molecular weight is 242 g/mol. The largest absolute Gasteiger partial charge is 0.366 e. The number of nitrogens with two attached hydrogens (primary N) is 1. The third kappa shape index (κ3) is 3.54. The Hall–Kier alpha value is -1.56. The molecule has 16 heavy (non-hydrogen) atoms. The third-order valence-electron chi connectivity index (χ3n) is 1.89. The summed E-state index contributed by atoms with van der Waals surface area (Å²) in [5.74, 6) is -0.537. The van der Waals surface area contributed by atoms with Gasteiger partial charge < -0.3 is 5.73 Å². The molecule has 88 valence electrons. The van der Waals surface area contributed by atoms with Crippen molar-refractivity contribution in [3.8, 4) is 0 Å². The number of hydrogen-bond donors (Lipinski definition) is 2. The summed E-state index contributed by atoms with van der Waals surface area (Å²) < 4.78 is 25.3. The fourth-order valence-electron chi connectivity index (χ4n) is 1.24. The van der Waals surface area contributed by atoms with Gasteiger partial charge in [0.1, 0.15) is 0 Å². The molecule has 0 aliphatic carbocycles. The van der Waals surface area contributed by atoms with E-state index in [0.29, 0.717) is 12.1 Å². The number of anilines is 1. The van der Waals surface area contributed by atoms with Crippen LogP contribution < -0.4 is 10.5 Å². The van der Waals surface area contributed by atoms with Gasteiger partial charge in [0, 0.05) is 11.3 Å². The molecule has 0 saturated heterocycles. The molecular formula is C10H14N2O3S. The number of hydrogen-bond acceptors (Lipinski definition) is 3. The molecule has 1 amide bonds. The van der Waals surface area contributed by atoms with Gasteiger partial charge in [0.2, 0.25) is 15.9 Å². The van der Waals surface area contributed by atoms with Gasteiger partial charge in [-0.3, -0.25) is 9.52 Å². The number of rotatable bonds is 5. The molecule has 0 radical (unpaired) electrons. The van der Waals surface area contributed by atoms with Crippen molar-refractivity contribution in [1.29, 1.82) is 0 Å². The van der Waals surface area contributed by atoms with E-state index in [1.807, 2.05) is 0 Å². The highest BCUT2D eigenvalue weighted by Gasteiger charge is 2.09. The number of amides is 1. The Labute approximate surface area is 94.7 Å².